The summed E-state index contributed by atoms with van der Waals surface area (Å²) in [6.07, 6.45) is 3.85. The van der Waals surface area contributed by atoms with Gasteiger partial charge in [-0.3, -0.25) is 4.79 Å². The number of rotatable bonds is 3. The predicted molar refractivity (Wildman–Crippen MR) is 83.1 cm³/mol. The van der Waals surface area contributed by atoms with Gasteiger partial charge in [0.15, 0.2) is 0 Å². The molecular formula is C17H24N2O2. The number of hydrogen-bond acceptors (Lipinski definition) is 3. The number of fused-ring (bicyclic) bond motifs is 1. The lowest BCUT2D eigenvalue weighted by Gasteiger charge is -2.36. The van der Waals surface area contributed by atoms with E-state index in [-0.39, 0.29) is 18.4 Å². The van der Waals surface area contributed by atoms with E-state index in [2.05, 4.69) is 17.4 Å². The molecule has 1 aromatic rings. The van der Waals surface area contributed by atoms with Gasteiger partial charge < -0.3 is 15.3 Å². The fraction of sp³-hybridized carbons (Fsp3) is 0.588. The highest BCUT2D eigenvalue weighted by molar-refractivity contribution is 5.81. The van der Waals surface area contributed by atoms with Crippen LogP contribution in [0.15, 0.2) is 24.3 Å². The molecule has 2 N–H and O–H groups in total. The van der Waals surface area contributed by atoms with Gasteiger partial charge in [-0.2, -0.15) is 0 Å². The number of anilines is 1. The number of aliphatic hydroxyl groups excluding tert-OH is 1. The number of nitrogens with zero attached hydrogens (tertiary/aromatic N) is 1. The number of para-hydroxylation sites is 1. The van der Waals surface area contributed by atoms with Crippen molar-refractivity contribution in [2.45, 2.75) is 25.7 Å². The third-order valence-corrected chi connectivity index (χ3v) is 4.74. The Morgan fingerprint density at radius 2 is 2.24 bits per heavy atom. The van der Waals surface area contributed by atoms with Gasteiger partial charge in [-0.1, -0.05) is 18.2 Å². The molecule has 0 bridgehead atoms. The largest absolute Gasteiger partial charge is 0.396 e. The molecule has 1 saturated heterocycles. The van der Waals surface area contributed by atoms with Crippen LogP contribution < -0.4 is 5.32 Å². The van der Waals surface area contributed by atoms with Crippen LogP contribution in [-0.4, -0.2) is 42.2 Å². The molecule has 2 aliphatic rings. The van der Waals surface area contributed by atoms with Crippen LogP contribution in [-0.2, 0) is 11.2 Å². The van der Waals surface area contributed by atoms with Gasteiger partial charge in [0.25, 0.3) is 0 Å². The number of carbonyl (C=O) groups excluding carboxylic acids is 1. The zero-order valence-electron chi connectivity index (χ0n) is 12.4. The Kier molecular flexibility index (Phi) is 4.44. The molecule has 114 valence electrons. The van der Waals surface area contributed by atoms with Crippen LogP contribution >= 0.6 is 0 Å². The molecule has 1 amide bonds. The van der Waals surface area contributed by atoms with E-state index in [1.165, 1.54) is 11.3 Å². The van der Waals surface area contributed by atoms with Crippen LogP contribution in [0.3, 0.4) is 0 Å². The summed E-state index contributed by atoms with van der Waals surface area (Å²) in [5.74, 6) is 0.795. The lowest BCUT2D eigenvalue weighted by Crippen LogP contribution is -2.46. The van der Waals surface area contributed by atoms with E-state index >= 15 is 0 Å². The topological polar surface area (TPSA) is 52.6 Å². The van der Waals surface area contributed by atoms with E-state index < -0.39 is 0 Å². The third kappa shape index (κ3) is 3.21. The molecule has 0 aromatic heterocycles. The number of piperidine rings is 1. The molecule has 3 rings (SSSR count). The Labute approximate surface area is 126 Å². The van der Waals surface area contributed by atoms with Gasteiger partial charge in [-0.25, -0.2) is 0 Å². The summed E-state index contributed by atoms with van der Waals surface area (Å²) in [6.45, 7) is 2.65. The first-order chi connectivity index (χ1) is 10.3. The third-order valence-electron chi connectivity index (χ3n) is 4.74. The molecule has 2 heterocycles. The van der Waals surface area contributed by atoms with Crippen molar-refractivity contribution in [3.05, 3.63) is 29.8 Å². The number of aliphatic hydroxyl groups is 1. The summed E-state index contributed by atoms with van der Waals surface area (Å²) in [4.78, 5) is 14.8. The molecule has 2 unspecified atom stereocenters. The fourth-order valence-corrected chi connectivity index (χ4v) is 3.56. The first-order valence-electron chi connectivity index (χ1n) is 7.99. The maximum Gasteiger partial charge on any atom is 0.227 e. The summed E-state index contributed by atoms with van der Waals surface area (Å²) in [5, 5.41) is 12.5. The van der Waals surface area contributed by atoms with Crippen molar-refractivity contribution in [1.29, 1.82) is 0 Å². The van der Waals surface area contributed by atoms with Crippen molar-refractivity contribution in [2.75, 3.05) is 31.6 Å². The highest BCUT2D eigenvalue weighted by Gasteiger charge is 2.30. The Morgan fingerprint density at radius 1 is 1.38 bits per heavy atom. The van der Waals surface area contributed by atoms with Crippen molar-refractivity contribution >= 4 is 11.6 Å². The van der Waals surface area contributed by atoms with Gasteiger partial charge in [-0.05, 0) is 43.2 Å². The number of carbonyl (C=O) groups is 1. The molecule has 4 heteroatoms. The lowest BCUT2D eigenvalue weighted by atomic mass is 9.90. The molecule has 1 aromatic carbocycles. The quantitative estimate of drug-likeness (QED) is 0.893. The Hall–Kier alpha value is -1.55. The van der Waals surface area contributed by atoms with Crippen LogP contribution in [0.1, 0.15) is 24.8 Å². The minimum atomic E-state index is 0.0489. The molecule has 0 aliphatic carbocycles. The number of hydrogen-bond donors (Lipinski definition) is 2. The SMILES string of the molecule is O=C(C1CNc2ccccc2C1)N1CCCC(CCO)C1. The van der Waals surface area contributed by atoms with E-state index in [9.17, 15) is 4.79 Å². The lowest BCUT2D eigenvalue weighted by molar-refractivity contribution is -0.137. The van der Waals surface area contributed by atoms with Gasteiger partial charge in [0.1, 0.15) is 0 Å². The average molecular weight is 288 g/mol. The molecule has 2 aliphatic heterocycles. The van der Waals surface area contributed by atoms with Gasteiger partial charge in [-0.15, -0.1) is 0 Å². The second-order valence-electron chi connectivity index (χ2n) is 6.24. The van der Waals surface area contributed by atoms with Crippen LogP contribution in [0.25, 0.3) is 0 Å². The number of benzene rings is 1. The van der Waals surface area contributed by atoms with Crippen molar-refractivity contribution in [2.24, 2.45) is 11.8 Å². The standard InChI is InChI=1S/C17H24N2O2/c20-9-7-13-4-3-8-19(12-13)17(21)15-10-14-5-1-2-6-16(14)18-11-15/h1-2,5-6,13,15,18,20H,3-4,7-12H2. The van der Waals surface area contributed by atoms with Gasteiger partial charge in [0.2, 0.25) is 5.91 Å². The van der Waals surface area contributed by atoms with Gasteiger partial charge in [0.05, 0.1) is 5.92 Å². The van der Waals surface area contributed by atoms with Crippen molar-refractivity contribution in [3.63, 3.8) is 0 Å². The zero-order chi connectivity index (χ0) is 14.7. The van der Waals surface area contributed by atoms with Gasteiger partial charge >= 0.3 is 0 Å². The summed E-state index contributed by atoms with van der Waals surface area (Å²) in [6, 6.07) is 8.24. The summed E-state index contributed by atoms with van der Waals surface area (Å²) in [5.41, 5.74) is 2.41. The first kappa shape index (κ1) is 14.4. The number of likely N-dealkylation sites (tertiary alicyclic amines) is 1. The van der Waals surface area contributed by atoms with E-state index in [4.69, 9.17) is 5.11 Å². The van der Waals surface area contributed by atoms with E-state index in [1.54, 1.807) is 0 Å². The number of nitrogens with one attached hydrogen (secondary N) is 1. The molecule has 2 atom stereocenters. The second kappa shape index (κ2) is 6.48. The van der Waals surface area contributed by atoms with Crippen molar-refractivity contribution < 1.29 is 9.90 Å². The van der Waals surface area contributed by atoms with E-state index in [0.717, 1.165) is 45.3 Å². The summed E-state index contributed by atoms with van der Waals surface area (Å²) in [7, 11) is 0. The molecule has 0 saturated carbocycles. The van der Waals surface area contributed by atoms with Crippen LogP contribution in [0.2, 0.25) is 0 Å². The monoisotopic (exact) mass is 288 g/mol. The summed E-state index contributed by atoms with van der Waals surface area (Å²) < 4.78 is 0. The molecule has 1 fully saturated rings. The highest BCUT2D eigenvalue weighted by atomic mass is 16.3. The molecule has 0 radical (unpaired) electrons. The number of amides is 1. The second-order valence-corrected chi connectivity index (χ2v) is 6.24. The molecule has 4 nitrogen and oxygen atoms in total. The maximum atomic E-state index is 12.7. The zero-order valence-corrected chi connectivity index (χ0v) is 12.4. The first-order valence-corrected chi connectivity index (χ1v) is 7.99. The summed E-state index contributed by atoms with van der Waals surface area (Å²) >= 11 is 0. The van der Waals surface area contributed by atoms with Crippen LogP contribution in [0, 0.1) is 11.8 Å². The Bertz CT molecular complexity index is 501. The molecule has 0 spiro atoms. The van der Waals surface area contributed by atoms with Crippen LogP contribution in [0.5, 0.6) is 0 Å². The van der Waals surface area contributed by atoms with Crippen molar-refractivity contribution in [1.82, 2.24) is 4.90 Å². The average Bonchev–Trinajstić information content (AvgIpc) is 2.54. The minimum absolute atomic E-state index is 0.0489. The van der Waals surface area contributed by atoms with Gasteiger partial charge in [0, 0.05) is 31.9 Å². The predicted octanol–water partition coefficient (Wildman–Crippen LogP) is 1.89. The smallest absolute Gasteiger partial charge is 0.227 e. The maximum absolute atomic E-state index is 12.7. The molecular weight excluding hydrogens is 264 g/mol. The fourth-order valence-electron chi connectivity index (χ4n) is 3.56. The van der Waals surface area contributed by atoms with E-state index in [1.807, 2.05) is 17.0 Å². The molecule has 21 heavy (non-hydrogen) atoms. The normalized spacial score (nSPS) is 25.1. The Balaban J connectivity index is 1.63. The van der Waals surface area contributed by atoms with Crippen LogP contribution in [0.4, 0.5) is 5.69 Å². The van der Waals surface area contributed by atoms with E-state index in [0.29, 0.717) is 5.92 Å². The minimum Gasteiger partial charge on any atom is -0.396 e. The highest BCUT2D eigenvalue weighted by Crippen LogP contribution is 2.27. The van der Waals surface area contributed by atoms with Crippen molar-refractivity contribution in [3.8, 4) is 0 Å². The Morgan fingerprint density at radius 3 is 3.10 bits per heavy atom.